The Bertz CT molecular complexity index is 823. The third kappa shape index (κ3) is 3.12. The fraction of sp³-hybridized carbons (Fsp3) is 0.222. The Kier molecular flexibility index (Phi) is 4.53. The zero-order valence-electron chi connectivity index (χ0n) is 13.1. The van der Waals surface area contributed by atoms with E-state index in [1.54, 1.807) is 11.0 Å². The molecule has 0 radical (unpaired) electrons. The molecule has 0 fully saturated rings. The summed E-state index contributed by atoms with van der Waals surface area (Å²) in [5.41, 5.74) is 2.54. The van der Waals surface area contributed by atoms with E-state index in [-0.39, 0.29) is 16.5 Å². The maximum absolute atomic E-state index is 13.3. The first kappa shape index (κ1) is 16.5. The first-order valence-corrected chi connectivity index (χ1v) is 8.07. The topological polar surface area (TPSA) is 49.4 Å². The van der Waals surface area contributed by atoms with Crippen LogP contribution in [0.15, 0.2) is 36.4 Å². The Morgan fingerprint density at radius 3 is 2.79 bits per heavy atom. The summed E-state index contributed by atoms with van der Waals surface area (Å²) in [4.78, 5) is 25.9. The lowest BCUT2D eigenvalue weighted by Gasteiger charge is -2.28. The first-order valence-electron chi connectivity index (χ1n) is 7.69. The fourth-order valence-corrected chi connectivity index (χ4v) is 3.06. The van der Waals surface area contributed by atoms with E-state index in [0.717, 1.165) is 17.3 Å². The van der Waals surface area contributed by atoms with Crippen LogP contribution < -0.4 is 10.2 Å². The smallest absolute Gasteiger partial charge is 0.257 e. The number of rotatable bonds is 3. The minimum atomic E-state index is -0.521. The number of fused-ring (bicyclic) bond motifs is 1. The summed E-state index contributed by atoms with van der Waals surface area (Å²) in [6.45, 7) is 2.53. The van der Waals surface area contributed by atoms with Crippen LogP contribution in [-0.4, -0.2) is 18.4 Å². The largest absolute Gasteiger partial charge is 0.322 e. The molecule has 0 aliphatic carbocycles. The van der Waals surface area contributed by atoms with Gasteiger partial charge in [0.1, 0.15) is 5.82 Å². The SMILES string of the molecule is CCN1C(=O)CCc2cc(NC(=O)c3cc(F)ccc3Cl)ccc21. The molecular weight excluding hydrogens is 331 g/mol. The van der Waals surface area contributed by atoms with Gasteiger partial charge >= 0.3 is 0 Å². The van der Waals surface area contributed by atoms with Crippen molar-refractivity contribution in [2.45, 2.75) is 19.8 Å². The predicted molar refractivity (Wildman–Crippen MR) is 92.2 cm³/mol. The Morgan fingerprint density at radius 1 is 1.25 bits per heavy atom. The molecular formula is C18H16ClFN2O2. The van der Waals surface area contributed by atoms with E-state index >= 15 is 0 Å². The van der Waals surface area contributed by atoms with Gasteiger partial charge in [-0.2, -0.15) is 0 Å². The molecule has 24 heavy (non-hydrogen) atoms. The minimum Gasteiger partial charge on any atom is -0.322 e. The molecule has 6 heteroatoms. The van der Waals surface area contributed by atoms with Gasteiger partial charge in [-0.1, -0.05) is 11.6 Å². The van der Waals surface area contributed by atoms with Crippen LogP contribution >= 0.6 is 11.6 Å². The Labute approximate surface area is 144 Å². The number of benzene rings is 2. The zero-order chi connectivity index (χ0) is 17.3. The third-order valence-corrected chi connectivity index (χ3v) is 4.36. The van der Waals surface area contributed by atoms with E-state index in [4.69, 9.17) is 11.6 Å². The normalized spacial score (nSPS) is 13.6. The van der Waals surface area contributed by atoms with E-state index < -0.39 is 11.7 Å². The highest BCUT2D eigenvalue weighted by Gasteiger charge is 2.23. The number of carbonyl (C=O) groups is 2. The van der Waals surface area contributed by atoms with Crippen molar-refractivity contribution < 1.29 is 14.0 Å². The molecule has 2 aromatic rings. The van der Waals surface area contributed by atoms with Gasteiger partial charge in [0.2, 0.25) is 5.91 Å². The quantitative estimate of drug-likeness (QED) is 0.912. The molecule has 1 heterocycles. The fourth-order valence-electron chi connectivity index (χ4n) is 2.85. The van der Waals surface area contributed by atoms with Crippen molar-refractivity contribution >= 4 is 34.8 Å². The molecule has 1 aliphatic heterocycles. The number of carbonyl (C=O) groups excluding carboxylic acids is 2. The number of hydrogen-bond acceptors (Lipinski definition) is 2. The highest BCUT2D eigenvalue weighted by Crippen LogP contribution is 2.30. The minimum absolute atomic E-state index is 0.0831. The molecule has 2 aromatic carbocycles. The second-order valence-corrected chi connectivity index (χ2v) is 5.97. The molecule has 0 aromatic heterocycles. The van der Waals surface area contributed by atoms with Crippen molar-refractivity contribution in [2.24, 2.45) is 0 Å². The van der Waals surface area contributed by atoms with Crippen molar-refractivity contribution in [2.75, 3.05) is 16.8 Å². The number of nitrogens with zero attached hydrogens (tertiary/aromatic N) is 1. The van der Waals surface area contributed by atoms with Crippen LogP contribution in [0.5, 0.6) is 0 Å². The third-order valence-electron chi connectivity index (χ3n) is 4.03. The second kappa shape index (κ2) is 6.61. The summed E-state index contributed by atoms with van der Waals surface area (Å²) in [6, 6.07) is 9.05. The molecule has 4 nitrogen and oxygen atoms in total. The molecule has 0 bridgehead atoms. The van der Waals surface area contributed by atoms with Gasteiger partial charge in [0.05, 0.1) is 10.6 Å². The van der Waals surface area contributed by atoms with Gasteiger partial charge in [0.15, 0.2) is 0 Å². The van der Waals surface area contributed by atoms with Crippen LogP contribution in [-0.2, 0) is 11.2 Å². The summed E-state index contributed by atoms with van der Waals surface area (Å²) < 4.78 is 13.3. The zero-order valence-corrected chi connectivity index (χ0v) is 13.9. The molecule has 1 N–H and O–H groups in total. The van der Waals surface area contributed by atoms with Crippen molar-refractivity contribution in [3.05, 3.63) is 58.4 Å². The molecule has 3 rings (SSSR count). The van der Waals surface area contributed by atoms with Crippen LogP contribution in [0.3, 0.4) is 0 Å². The lowest BCUT2D eigenvalue weighted by molar-refractivity contribution is -0.118. The first-order chi connectivity index (χ1) is 11.5. The van der Waals surface area contributed by atoms with Gasteiger partial charge in [-0.15, -0.1) is 0 Å². The van der Waals surface area contributed by atoms with Crippen LogP contribution in [0.25, 0.3) is 0 Å². The highest BCUT2D eigenvalue weighted by molar-refractivity contribution is 6.34. The van der Waals surface area contributed by atoms with Crippen molar-refractivity contribution in [3.8, 4) is 0 Å². The van der Waals surface area contributed by atoms with Gasteiger partial charge in [-0.3, -0.25) is 9.59 Å². The lowest BCUT2D eigenvalue weighted by atomic mass is 10.0. The van der Waals surface area contributed by atoms with Crippen molar-refractivity contribution in [1.82, 2.24) is 0 Å². The maximum atomic E-state index is 13.3. The summed E-state index contributed by atoms with van der Waals surface area (Å²) in [5.74, 6) is -0.890. The Morgan fingerprint density at radius 2 is 2.04 bits per heavy atom. The van der Waals surface area contributed by atoms with Gasteiger partial charge in [-0.25, -0.2) is 4.39 Å². The molecule has 2 amide bonds. The molecule has 1 aliphatic rings. The highest BCUT2D eigenvalue weighted by atomic mass is 35.5. The number of aryl methyl sites for hydroxylation is 1. The molecule has 0 saturated carbocycles. The van der Waals surface area contributed by atoms with Gasteiger partial charge in [-0.05, 0) is 55.3 Å². The summed E-state index contributed by atoms with van der Waals surface area (Å²) in [5, 5.41) is 2.92. The molecule has 0 atom stereocenters. The van der Waals surface area contributed by atoms with Gasteiger partial charge in [0.25, 0.3) is 5.91 Å². The van der Waals surface area contributed by atoms with Crippen LogP contribution in [0.4, 0.5) is 15.8 Å². The molecule has 0 spiro atoms. The van der Waals surface area contributed by atoms with Crippen molar-refractivity contribution in [3.63, 3.8) is 0 Å². The van der Waals surface area contributed by atoms with Crippen LogP contribution in [0.2, 0.25) is 5.02 Å². The number of anilines is 2. The average molecular weight is 347 g/mol. The summed E-state index contributed by atoms with van der Waals surface area (Å²) in [6.07, 6.45) is 1.09. The van der Waals surface area contributed by atoms with Crippen LogP contribution in [0, 0.1) is 5.82 Å². The van der Waals surface area contributed by atoms with Gasteiger partial charge in [0, 0.05) is 24.3 Å². The molecule has 0 saturated heterocycles. The monoisotopic (exact) mass is 346 g/mol. The van der Waals surface area contributed by atoms with Gasteiger partial charge < -0.3 is 10.2 Å². The summed E-state index contributed by atoms with van der Waals surface area (Å²) in [7, 11) is 0. The van der Waals surface area contributed by atoms with E-state index in [2.05, 4.69) is 5.32 Å². The number of nitrogens with one attached hydrogen (secondary N) is 1. The number of amides is 2. The van der Waals surface area contributed by atoms with E-state index in [0.29, 0.717) is 25.1 Å². The second-order valence-electron chi connectivity index (χ2n) is 5.56. The molecule has 124 valence electrons. The van der Waals surface area contributed by atoms with E-state index in [1.165, 1.54) is 12.1 Å². The molecule has 0 unspecified atom stereocenters. The number of halogens is 2. The van der Waals surface area contributed by atoms with Crippen LogP contribution in [0.1, 0.15) is 29.3 Å². The average Bonchev–Trinajstić information content (AvgIpc) is 2.57. The Hall–Kier alpha value is -2.40. The summed E-state index contributed by atoms with van der Waals surface area (Å²) >= 11 is 5.95. The van der Waals surface area contributed by atoms with Crippen molar-refractivity contribution in [1.29, 1.82) is 0 Å². The maximum Gasteiger partial charge on any atom is 0.257 e. The Balaban J connectivity index is 1.85. The number of hydrogen-bond donors (Lipinski definition) is 1. The van der Waals surface area contributed by atoms with E-state index in [1.807, 2.05) is 19.1 Å². The van der Waals surface area contributed by atoms with E-state index in [9.17, 15) is 14.0 Å². The lowest BCUT2D eigenvalue weighted by Crippen LogP contribution is -2.34. The predicted octanol–water partition coefficient (Wildman–Crippen LogP) is 4.03. The standard InChI is InChI=1S/C18H16ClFN2O2/c1-2-22-16-7-5-13(9-11(16)3-8-17(22)23)21-18(24)14-10-12(20)4-6-15(14)19/h4-7,9-10H,2-3,8H2,1H3,(H,21,24).